The zero-order valence-electron chi connectivity index (χ0n) is 12.4. The Kier molecular flexibility index (Phi) is 4.94. The zero-order chi connectivity index (χ0) is 15.9. The molecule has 0 aliphatic rings. The highest BCUT2D eigenvalue weighted by Crippen LogP contribution is 2.38. The van der Waals surface area contributed by atoms with Crippen molar-refractivity contribution in [3.8, 4) is 11.5 Å². The lowest BCUT2D eigenvalue weighted by atomic mass is 10.2. The summed E-state index contributed by atoms with van der Waals surface area (Å²) in [5, 5.41) is 11.8. The molecule has 22 heavy (non-hydrogen) atoms. The molecule has 112 valence electrons. The topological polar surface area (TPSA) is 75.7 Å². The number of methoxy groups -OCH3 is 1. The molecule has 0 radical (unpaired) electrons. The van der Waals surface area contributed by atoms with E-state index in [4.69, 9.17) is 14.9 Å². The van der Waals surface area contributed by atoms with Crippen molar-refractivity contribution in [2.45, 2.75) is 6.92 Å². The van der Waals surface area contributed by atoms with Crippen molar-refractivity contribution in [1.82, 2.24) is 0 Å². The minimum atomic E-state index is -0.266. The fourth-order valence-electron chi connectivity index (χ4n) is 1.95. The zero-order valence-corrected chi connectivity index (χ0v) is 12.4. The van der Waals surface area contributed by atoms with Gasteiger partial charge in [0.15, 0.2) is 10.7 Å². The summed E-state index contributed by atoms with van der Waals surface area (Å²) in [5.74, 6) is 0.465. The second-order valence-corrected chi connectivity index (χ2v) is 4.37. The van der Waals surface area contributed by atoms with Crippen LogP contribution in [0.5, 0.6) is 11.5 Å². The van der Waals surface area contributed by atoms with Gasteiger partial charge in [0.05, 0.1) is 25.5 Å². The molecule has 6 nitrogen and oxygen atoms in total. The smallest absolute Gasteiger partial charge is 0.430 e. The summed E-state index contributed by atoms with van der Waals surface area (Å²) < 4.78 is 10.6. The molecule has 0 unspecified atom stereocenters. The lowest BCUT2D eigenvalue weighted by molar-refractivity contribution is 0.102. The number of anilines is 1. The van der Waals surface area contributed by atoms with Crippen LogP contribution >= 0.6 is 0 Å². The van der Waals surface area contributed by atoms with Gasteiger partial charge < -0.3 is 14.8 Å². The molecule has 0 saturated carbocycles. The monoisotopic (exact) mass is 298 g/mol. The molecule has 6 heteroatoms. The van der Waals surface area contributed by atoms with E-state index in [0.29, 0.717) is 29.4 Å². The van der Waals surface area contributed by atoms with Crippen molar-refractivity contribution in [3.05, 3.63) is 53.0 Å². The Morgan fingerprint density at radius 3 is 2.55 bits per heavy atom. The third kappa shape index (κ3) is 3.33. The second-order valence-electron chi connectivity index (χ2n) is 4.37. The number of diazo groups is 1. The van der Waals surface area contributed by atoms with Gasteiger partial charge in [0.1, 0.15) is 0 Å². The Hall–Kier alpha value is -3.07. The van der Waals surface area contributed by atoms with Gasteiger partial charge in [0, 0.05) is 11.6 Å². The average Bonchev–Trinajstić information content (AvgIpc) is 2.56. The second kappa shape index (κ2) is 7.09. The first kappa shape index (κ1) is 15.3. The van der Waals surface area contributed by atoms with Crippen LogP contribution in [0.3, 0.4) is 0 Å². The normalized spacial score (nSPS) is 9.68. The molecular weight excluding hydrogens is 282 g/mol. The van der Waals surface area contributed by atoms with Gasteiger partial charge in [-0.15, -0.1) is 0 Å². The minimum Gasteiger partial charge on any atom is -0.491 e. The maximum Gasteiger partial charge on any atom is 0.430 e. The Balaban J connectivity index is 2.36. The first-order chi connectivity index (χ1) is 10.7. The molecule has 0 bridgehead atoms. The van der Waals surface area contributed by atoms with Gasteiger partial charge in [-0.2, -0.15) is 0 Å². The van der Waals surface area contributed by atoms with Gasteiger partial charge in [-0.05, 0) is 19.1 Å². The Morgan fingerprint density at radius 1 is 1.23 bits per heavy atom. The molecule has 0 aliphatic heterocycles. The number of amides is 1. The van der Waals surface area contributed by atoms with Gasteiger partial charge in [-0.25, -0.2) is 0 Å². The van der Waals surface area contributed by atoms with E-state index in [9.17, 15) is 4.79 Å². The standard InChI is InChI=1S/C16H15N3O3/c1-3-22-15-10-13(19-17)14(21-2)9-12(15)18-16(20)11-7-5-4-6-8-11/h4-10H,3H2,1-2H3/p+1. The number of hydrogen-bond acceptors (Lipinski definition) is 4. The largest absolute Gasteiger partial charge is 0.491 e. The summed E-state index contributed by atoms with van der Waals surface area (Å²) in [7, 11) is 1.45. The molecular formula is C16H16N3O3+. The van der Waals surface area contributed by atoms with E-state index in [0.717, 1.165) is 0 Å². The van der Waals surface area contributed by atoms with Crippen LogP contribution in [-0.4, -0.2) is 19.6 Å². The number of carbonyl (C=O) groups is 1. The molecule has 0 saturated heterocycles. The fraction of sp³-hybridized carbons (Fsp3) is 0.188. The van der Waals surface area contributed by atoms with Crippen molar-refractivity contribution in [2.24, 2.45) is 0 Å². The summed E-state index contributed by atoms with van der Waals surface area (Å²) in [6.45, 7) is 2.23. The summed E-state index contributed by atoms with van der Waals surface area (Å²) in [5.41, 5.74) is 1.20. The summed E-state index contributed by atoms with van der Waals surface area (Å²) in [6.07, 6.45) is 0. The Bertz CT molecular complexity index is 709. The van der Waals surface area contributed by atoms with Gasteiger partial charge >= 0.3 is 5.69 Å². The molecule has 0 fully saturated rings. The highest BCUT2D eigenvalue weighted by molar-refractivity contribution is 6.05. The highest BCUT2D eigenvalue weighted by atomic mass is 16.5. The number of hydrogen-bond donors (Lipinski definition) is 1. The van der Waals surface area contributed by atoms with Gasteiger partial charge in [-0.1, -0.05) is 18.2 Å². The van der Waals surface area contributed by atoms with Crippen molar-refractivity contribution < 1.29 is 14.3 Å². The van der Waals surface area contributed by atoms with Crippen molar-refractivity contribution in [2.75, 3.05) is 19.0 Å². The van der Waals surface area contributed by atoms with Gasteiger partial charge in [0.2, 0.25) is 11.1 Å². The molecule has 0 aliphatic carbocycles. The molecule has 1 amide bonds. The van der Waals surface area contributed by atoms with E-state index in [1.807, 2.05) is 13.0 Å². The van der Waals surface area contributed by atoms with Crippen LogP contribution in [-0.2, 0) is 0 Å². The number of rotatable bonds is 5. The molecule has 2 aromatic carbocycles. The average molecular weight is 298 g/mol. The SMILES string of the molecule is CCOc1cc([N+]#N)c(OC)cc1NC(=O)c1ccccc1. The fourth-order valence-corrected chi connectivity index (χ4v) is 1.95. The van der Waals surface area contributed by atoms with E-state index in [2.05, 4.69) is 10.3 Å². The maximum absolute atomic E-state index is 12.2. The number of benzene rings is 2. The highest BCUT2D eigenvalue weighted by Gasteiger charge is 2.21. The molecule has 0 heterocycles. The van der Waals surface area contributed by atoms with Crippen molar-refractivity contribution >= 4 is 17.3 Å². The Labute approximate surface area is 128 Å². The number of ether oxygens (including phenoxy) is 2. The van der Waals surface area contributed by atoms with Crippen LogP contribution in [0.15, 0.2) is 42.5 Å². The quantitative estimate of drug-likeness (QED) is 0.851. The van der Waals surface area contributed by atoms with Crippen LogP contribution in [0.1, 0.15) is 17.3 Å². The molecule has 2 rings (SSSR count). The van der Waals surface area contributed by atoms with Crippen LogP contribution < -0.4 is 14.8 Å². The van der Waals surface area contributed by atoms with Gasteiger partial charge in [-0.3, -0.25) is 4.79 Å². The number of carbonyl (C=O) groups excluding carboxylic acids is 1. The lowest BCUT2D eigenvalue weighted by Gasteiger charge is -2.11. The molecule has 0 spiro atoms. The van der Waals surface area contributed by atoms with Crippen LogP contribution in [0.25, 0.3) is 4.98 Å². The lowest BCUT2D eigenvalue weighted by Crippen LogP contribution is -2.13. The van der Waals surface area contributed by atoms with Crippen molar-refractivity contribution in [1.29, 1.82) is 5.39 Å². The number of nitrogens with one attached hydrogen (secondary N) is 1. The van der Waals surface area contributed by atoms with Crippen LogP contribution in [0, 0.1) is 5.39 Å². The molecule has 1 N–H and O–H groups in total. The predicted octanol–water partition coefficient (Wildman–Crippen LogP) is 3.83. The molecule has 2 aromatic rings. The molecule has 0 atom stereocenters. The van der Waals surface area contributed by atoms with E-state index in [-0.39, 0.29) is 11.6 Å². The predicted molar refractivity (Wildman–Crippen MR) is 83.3 cm³/mol. The van der Waals surface area contributed by atoms with Crippen LogP contribution in [0.2, 0.25) is 0 Å². The van der Waals surface area contributed by atoms with E-state index in [1.165, 1.54) is 13.2 Å². The first-order valence-corrected chi connectivity index (χ1v) is 6.76. The van der Waals surface area contributed by atoms with Crippen molar-refractivity contribution in [3.63, 3.8) is 0 Å². The maximum atomic E-state index is 12.2. The van der Waals surface area contributed by atoms with Gasteiger partial charge in [0.25, 0.3) is 5.91 Å². The minimum absolute atomic E-state index is 0.226. The summed E-state index contributed by atoms with van der Waals surface area (Å²) >= 11 is 0. The summed E-state index contributed by atoms with van der Waals surface area (Å²) in [6, 6.07) is 11.9. The molecule has 0 aromatic heterocycles. The third-order valence-corrected chi connectivity index (χ3v) is 2.97. The van der Waals surface area contributed by atoms with E-state index in [1.54, 1.807) is 30.3 Å². The van der Waals surface area contributed by atoms with E-state index >= 15 is 0 Å². The number of nitrogens with zero attached hydrogens (tertiary/aromatic N) is 2. The first-order valence-electron chi connectivity index (χ1n) is 6.76. The third-order valence-electron chi connectivity index (χ3n) is 2.97. The van der Waals surface area contributed by atoms with Crippen LogP contribution in [0.4, 0.5) is 11.4 Å². The Morgan fingerprint density at radius 2 is 1.95 bits per heavy atom. The summed E-state index contributed by atoms with van der Waals surface area (Å²) in [4.78, 5) is 15.4. The van der Waals surface area contributed by atoms with E-state index < -0.39 is 0 Å².